The summed E-state index contributed by atoms with van der Waals surface area (Å²) in [4.78, 5) is -0.625. The Morgan fingerprint density at radius 1 is 1.29 bits per heavy atom. The van der Waals surface area contributed by atoms with Crippen LogP contribution in [0.1, 0.15) is 5.56 Å². The van der Waals surface area contributed by atoms with Gasteiger partial charge in [0.05, 0.1) is 11.9 Å². The number of halogens is 2. The van der Waals surface area contributed by atoms with Crippen molar-refractivity contribution in [2.75, 3.05) is 0 Å². The Morgan fingerprint density at radius 2 is 1.88 bits per heavy atom. The third-order valence-corrected chi connectivity index (χ3v) is 3.52. The van der Waals surface area contributed by atoms with E-state index in [1.165, 1.54) is 0 Å². The normalized spacial score (nSPS) is 11.7. The Labute approximate surface area is 102 Å². The predicted octanol–water partition coefficient (Wildman–Crippen LogP) is 2.25. The molecule has 17 heavy (non-hydrogen) atoms. The third kappa shape index (κ3) is 2.32. The average molecular weight is 275 g/mol. The number of hydrogen-bond acceptors (Lipinski definition) is 3. The van der Waals surface area contributed by atoms with Crippen LogP contribution in [0.5, 0.6) is 0 Å². The second-order valence-electron chi connectivity index (χ2n) is 3.48. The Hall–Kier alpha value is -1.40. The minimum absolute atomic E-state index is 0.430. The first kappa shape index (κ1) is 12.1. The molecule has 0 saturated carbocycles. The number of rotatable bonds is 2. The van der Waals surface area contributed by atoms with Crippen LogP contribution in [0.15, 0.2) is 35.4 Å². The molecule has 0 spiro atoms. The van der Waals surface area contributed by atoms with Crippen molar-refractivity contribution in [3.8, 4) is 5.69 Å². The molecule has 90 valence electrons. The number of hydrogen-bond donors (Lipinski definition) is 0. The van der Waals surface area contributed by atoms with Gasteiger partial charge in [0.25, 0.3) is 9.05 Å². The van der Waals surface area contributed by atoms with E-state index in [4.69, 9.17) is 10.7 Å². The molecule has 0 aliphatic carbocycles. The van der Waals surface area contributed by atoms with E-state index in [9.17, 15) is 12.8 Å². The number of aryl methyl sites for hydroxylation is 1. The highest BCUT2D eigenvalue weighted by Gasteiger charge is 2.21. The summed E-state index contributed by atoms with van der Waals surface area (Å²) in [5.41, 5.74) is 1.44. The van der Waals surface area contributed by atoms with Crippen molar-refractivity contribution in [1.29, 1.82) is 0 Å². The molecule has 0 saturated heterocycles. The Kier molecular flexibility index (Phi) is 2.92. The molecule has 2 aromatic rings. The van der Waals surface area contributed by atoms with Gasteiger partial charge in [0, 0.05) is 10.7 Å². The van der Waals surface area contributed by atoms with Gasteiger partial charge in [-0.3, -0.25) is 0 Å². The molecule has 0 N–H and O–H groups in total. The lowest BCUT2D eigenvalue weighted by atomic mass is 10.2. The fraction of sp³-hybridized carbons (Fsp3) is 0.100. The largest absolute Gasteiger partial charge is 0.267 e. The molecule has 1 aromatic heterocycles. The average Bonchev–Trinajstić information content (AvgIpc) is 2.61. The first-order valence-electron chi connectivity index (χ1n) is 4.65. The highest BCUT2D eigenvalue weighted by Crippen LogP contribution is 2.20. The zero-order valence-corrected chi connectivity index (χ0v) is 10.3. The molecule has 1 aromatic carbocycles. The summed E-state index contributed by atoms with van der Waals surface area (Å²) < 4.78 is 36.7. The Balaban J connectivity index is 2.55. The van der Waals surface area contributed by atoms with Crippen LogP contribution in [0.3, 0.4) is 0 Å². The van der Waals surface area contributed by atoms with Gasteiger partial charge in [-0.15, -0.1) is 0 Å². The summed E-state index contributed by atoms with van der Waals surface area (Å²) in [6.07, 6.45) is 0.886. The molecular formula is C10H8ClFN2O2S. The fourth-order valence-corrected chi connectivity index (χ4v) is 2.12. The van der Waals surface area contributed by atoms with Crippen LogP contribution in [-0.2, 0) is 9.05 Å². The smallest absolute Gasteiger partial charge is 0.207 e. The Morgan fingerprint density at radius 3 is 2.35 bits per heavy atom. The van der Waals surface area contributed by atoms with Crippen LogP contribution in [-0.4, -0.2) is 18.2 Å². The summed E-state index contributed by atoms with van der Waals surface area (Å²) in [6.45, 7) is 1.89. The zero-order valence-electron chi connectivity index (χ0n) is 8.76. The first-order chi connectivity index (χ1) is 7.89. The van der Waals surface area contributed by atoms with Crippen LogP contribution in [0.2, 0.25) is 0 Å². The second-order valence-corrected chi connectivity index (χ2v) is 6.02. The number of benzene rings is 1. The predicted molar refractivity (Wildman–Crippen MR) is 61.3 cm³/mol. The van der Waals surface area contributed by atoms with Gasteiger partial charge < -0.3 is 0 Å². The van der Waals surface area contributed by atoms with Gasteiger partial charge in [-0.25, -0.2) is 13.1 Å². The van der Waals surface area contributed by atoms with Crippen LogP contribution >= 0.6 is 10.7 Å². The van der Waals surface area contributed by atoms with Crippen molar-refractivity contribution < 1.29 is 12.8 Å². The summed E-state index contributed by atoms with van der Waals surface area (Å²) in [5.74, 6) is -0.996. The summed E-state index contributed by atoms with van der Waals surface area (Å²) in [7, 11) is 0.954. The van der Waals surface area contributed by atoms with Gasteiger partial charge in [-0.1, -0.05) is 17.7 Å². The van der Waals surface area contributed by atoms with Crippen LogP contribution in [0.25, 0.3) is 5.69 Å². The minimum atomic E-state index is -4.11. The van der Waals surface area contributed by atoms with Crippen molar-refractivity contribution in [3.63, 3.8) is 0 Å². The van der Waals surface area contributed by atoms with Crippen LogP contribution < -0.4 is 0 Å². The lowest BCUT2D eigenvalue weighted by molar-refractivity contribution is 0.512. The lowest BCUT2D eigenvalue weighted by Crippen LogP contribution is -2.01. The van der Waals surface area contributed by atoms with Gasteiger partial charge >= 0.3 is 0 Å². The van der Waals surface area contributed by atoms with Crippen molar-refractivity contribution in [3.05, 3.63) is 42.0 Å². The maximum Gasteiger partial charge on any atom is 0.267 e. The molecule has 4 nitrogen and oxygen atoms in total. The summed E-state index contributed by atoms with van der Waals surface area (Å²) in [5, 5.41) is 3.66. The molecule has 1 heterocycles. The van der Waals surface area contributed by atoms with E-state index in [0.29, 0.717) is 5.69 Å². The standard InChI is InChI=1S/C10H8ClFN2O2S/c1-7-2-4-8(5-3-7)14-10(12)9(6-13-14)17(11,15)16/h2-6H,1H3. The van der Waals surface area contributed by atoms with E-state index in [1.54, 1.807) is 24.3 Å². The maximum absolute atomic E-state index is 13.8. The molecular weight excluding hydrogens is 267 g/mol. The van der Waals surface area contributed by atoms with E-state index in [-0.39, 0.29) is 0 Å². The first-order valence-corrected chi connectivity index (χ1v) is 6.96. The summed E-state index contributed by atoms with van der Waals surface area (Å²) >= 11 is 0. The maximum atomic E-state index is 13.8. The molecule has 0 amide bonds. The number of nitrogens with zero attached hydrogens (tertiary/aromatic N) is 2. The molecule has 0 aliphatic rings. The van der Waals surface area contributed by atoms with Crippen molar-refractivity contribution in [1.82, 2.24) is 9.78 Å². The van der Waals surface area contributed by atoms with Gasteiger partial charge in [0.2, 0.25) is 5.95 Å². The molecule has 7 heteroatoms. The molecule has 0 bridgehead atoms. The van der Waals surface area contributed by atoms with Gasteiger partial charge in [-0.05, 0) is 19.1 Å². The third-order valence-electron chi connectivity index (χ3n) is 2.22. The summed E-state index contributed by atoms with van der Waals surface area (Å²) in [6, 6.07) is 6.81. The number of aromatic nitrogens is 2. The van der Waals surface area contributed by atoms with Crippen molar-refractivity contribution in [2.45, 2.75) is 11.8 Å². The van der Waals surface area contributed by atoms with E-state index >= 15 is 0 Å². The highest BCUT2D eigenvalue weighted by atomic mass is 35.7. The van der Waals surface area contributed by atoms with Crippen LogP contribution in [0, 0.1) is 12.9 Å². The SMILES string of the molecule is Cc1ccc(-n2ncc(S(=O)(=O)Cl)c2F)cc1. The molecule has 2 rings (SSSR count). The quantitative estimate of drug-likeness (QED) is 0.789. The Bertz CT molecular complexity index is 649. The van der Waals surface area contributed by atoms with E-state index in [2.05, 4.69) is 5.10 Å². The van der Waals surface area contributed by atoms with Gasteiger partial charge in [0.1, 0.15) is 0 Å². The van der Waals surface area contributed by atoms with Crippen LogP contribution in [0.4, 0.5) is 4.39 Å². The zero-order chi connectivity index (χ0) is 12.6. The van der Waals surface area contributed by atoms with Crippen molar-refractivity contribution in [2.24, 2.45) is 0 Å². The molecule has 0 fully saturated rings. The molecule has 0 atom stereocenters. The molecule has 0 unspecified atom stereocenters. The second kappa shape index (κ2) is 4.12. The molecule has 0 aliphatic heterocycles. The highest BCUT2D eigenvalue weighted by molar-refractivity contribution is 8.13. The van der Waals surface area contributed by atoms with Gasteiger partial charge in [0.15, 0.2) is 4.90 Å². The fourth-order valence-electron chi connectivity index (χ4n) is 1.35. The van der Waals surface area contributed by atoms with E-state index in [0.717, 1.165) is 16.4 Å². The monoisotopic (exact) mass is 274 g/mol. The lowest BCUT2D eigenvalue weighted by Gasteiger charge is -2.02. The van der Waals surface area contributed by atoms with Gasteiger partial charge in [-0.2, -0.15) is 9.49 Å². The van der Waals surface area contributed by atoms with E-state index in [1.807, 2.05) is 6.92 Å². The van der Waals surface area contributed by atoms with E-state index < -0.39 is 19.9 Å². The van der Waals surface area contributed by atoms with Crippen molar-refractivity contribution >= 4 is 19.7 Å². The topological polar surface area (TPSA) is 52.0 Å². The molecule has 0 radical (unpaired) electrons. The minimum Gasteiger partial charge on any atom is -0.207 e.